The summed E-state index contributed by atoms with van der Waals surface area (Å²) < 4.78 is 1.32. The normalized spacial score (nSPS) is 11.1. The highest BCUT2D eigenvalue weighted by atomic mass is 16.6. The van der Waals surface area contributed by atoms with E-state index in [-0.39, 0.29) is 31.0 Å². The molecule has 0 spiro atoms. The zero-order valence-corrected chi connectivity index (χ0v) is 11.9. The van der Waals surface area contributed by atoms with Crippen molar-refractivity contribution >= 4 is 17.6 Å². The number of rotatable bonds is 8. The molecule has 0 radical (unpaired) electrons. The Morgan fingerprint density at radius 2 is 2.14 bits per heavy atom. The van der Waals surface area contributed by atoms with E-state index < -0.39 is 16.4 Å². The third-order valence-electron chi connectivity index (χ3n) is 2.84. The Hall–Kier alpha value is -2.45. The summed E-state index contributed by atoms with van der Waals surface area (Å²) in [6, 6.07) is 0. The van der Waals surface area contributed by atoms with Gasteiger partial charge in [0.25, 0.3) is 0 Å². The molecule has 1 rings (SSSR count). The molecule has 2 N–H and O–H groups in total. The number of hydrogen-bond acceptors (Lipinski definition) is 5. The summed E-state index contributed by atoms with van der Waals surface area (Å²) in [5.74, 6) is -1.18. The van der Waals surface area contributed by atoms with Crippen LogP contribution in [0.3, 0.4) is 0 Å². The van der Waals surface area contributed by atoms with Gasteiger partial charge in [-0.1, -0.05) is 0 Å². The van der Waals surface area contributed by atoms with Gasteiger partial charge in [0.1, 0.15) is 12.4 Å². The molecule has 9 nitrogen and oxygen atoms in total. The van der Waals surface area contributed by atoms with Gasteiger partial charge < -0.3 is 10.4 Å². The lowest BCUT2D eigenvalue weighted by molar-refractivity contribution is -0.385. The number of amides is 1. The number of aromatic nitrogens is 2. The van der Waals surface area contributed by atoms with Crippen LogP contribution >= 0.6 is 0 Å². The van der Waals surface area contributed by atoms with Gasteiger partial charge in [-0.15, -0.1) is 0 Å². The van der Waals surface area contributed by atoms with Crippen molar-refractivity contribution in [1.82, 2.24) is 15.1 Å². The number of nitro groups is 1. The number of carboxylic acid groups (broad SMARTS) is 1. The minimum absolute atomic E-state index is 0.0291. The fourth-order valence-corrected chi connectivity index (χ4v) is 1.71. The van der Waals surface area contributed by atoms with Crippen molar-refractivity contribution in [2.75, 3.05) is 0 Å². The Balaban J connectivity index is 2.42. The molecule has 1 heterocycles. The van der Waals surface area contributed by atoms with Crippen molar-refractivity contribution in [3.63, 3.8) is 0 Å². The van der Waals surface area contributed by atoms with Crippen molar-refractivity contribution in [1.29, 1.82) is 0 Å². The molecule has 0 saturated carbocycles. The first kappa shape index (κ1) is 16.6. The Morgan fingerprint density at radius 3 is 2.67 bits per heavy atom. The molecule has 1 aromatic heterocycles. The summed E-state index contributed by atoms with van der Waals surface area (Å²) in [7, 11) is 0. The summed E-state index contributed by atoms with van der Waals surface area (Å²) in [6.45, 7) is 3.70. The van der Waals surface area contributed by atoms with Crippen molar-refractivity contribution in [2.45, 2.75) is 45.2 Å². The number of carbonyl (C=O) groups excluding carboxylic acids is 1. The van der Waals surface area contributed by atoms with Crippen LogP contribution in [0.4, 0.5) is 5.69 Å². The van der Waals surface area contributed by atoms with E-state index in [1.807, 2.05) is 0 Å². The summed E-state index contributed by atoms with van der Waals surface area (Å²) in [5, 5.41) is 25.6. The zero-order chi connectivity index (χ0) is 16.0. The van der Waals surface area contributed by atoms with Crippen LogP contribution in [0.1, 0.15) is 33.1 Å². The van der Waals surface area contributed by atoms with Crippen LogP contribution in [0.2, 0.25) is 0 Å². The van der Waals surface area contributed by atoms with E-state index in [9.17, 15) is 19.7 Å². The van der Waals surface area contributed by atoms with E-state index in [0.717, 1.165) is 6.20 Å². The highest BCUT2D eigenvalue weighted by molar-refractivity contribution is 5.76. The Bertz CT molecular complexity index is 538. The molecule has 1 aromatic rings. The Morgan fingerprint density at radius 1 is 1.48 bits per heavy atom. The first-order valence-electron chi connectivity index (χ1n) is 6.39. The standard InChI is InChI=1S/C12H18N4O5/c1-12(2,5-3-11(18)19)14-10(17)4-6-15-8-9(7-13-15)16(20)21/h7-8H,3-6H2,1-2H3,(H,14,17)(H,18,19). The fraction of sp³-hybridized carbons (Fsp3) is 0.583. The lowest BCUT2D eigenvalue weighted by Crippen LogP contribution is -2.44. The smallest absolute Gasteiger partial charge is 0.306 e. The molecule has 9 heteroatoms. The molecule has 1 amide bonds. The molecule has 21 heavy (non-hydrogen) atoms. The molecule has 0 aliphatic heterocycles. The number of aliphatic carboxylic acids is 1. The van der Waals surface area contributed by atoms with Gasteiger partial charge in [-0.2, -0.15) is 5.10 Å². The molecule has 0 saturated heterocycles. The molecule has 0 aliphatic carbocycles. The second-order valence-corrected chi connectivity index (χ2v) is 5.29. The fourth-order valence-electron chi connectivity index (χ4n) is 1.71. The van der Waals surface area contributed by atoms with E-state index in [0.29, 0.717) is 6.42 Å². The van der Waals surface area contributed by atoms with Gasteiger partial charge in [0.2, 0.25) is 5.91 Å². The van der Waals surface area contributed by atoms with Crippen LogP contribution in [0.15, 0.2) is 12.4 Å². The van der Waals surface area contributed by atoms with Gasteiger partial charge in [0.05, 0.1) is 4.92 Å². The van der Waals surface area contributed by atoms with Gasteiger partial charge in [-0.3, -0.25) is 24.4 Å². The second kappa shape index (κ2) is 6.82. The summed E-state index contributed by atoms with van der Waals surface area (Å²) in [5.41, 5.74) is -0.747. The monoisotopic (exact) mass is 298 g/mol. The second-order valence-electron chi connectivity index (χ2n) is 5.29. The third kappa shape index (κ3) is 6.02. The summed E-state index contributed by atoms with van der Waals surface area (Å²) >= 11 is 0. The minimum atomic E-state index is -0.916. The van der Waals surface area contributed by atoms with Gasteiger partial charge >= 0.3 is 11.7 Å². The van der Waals surface area contributed by atoms with E-state index in [2.05, 4.69) is 10.4 Å². The maximum Gasteiger partial charge on any atom is 0.306 e. The Kier molecular flexibility index (Phi) is 5.39. The number of nitrogens with zero attached hydrogens (tertiary/aromatic N) is 3. The maximum atomic E-state index is 11.8. The van der Waals surface area contributed by atoms with Crippen molar-refractivity contribution in [3.05, 3.63) is 22.5 Å². The van der Waals surface area contributed by atoms with Gasteiger partial charge in [-0.25, -0.2) is 0 Å². The van der Waals surface area contributed by atoms with Gasteiger partial charge in [0.15, 0.2) is 0 Å². The topological polar surface area (TPSA) is 127 Å². The van der Waals surface area contributed by atoms with Crippen LogP contribution in [0.5, 0.6) is 0 Å². The predicted octanol–water partition coefficient (Wildman–Crippen LogP) is 0.941. The number of nitrogens with one attached hydrogen (secondary N) is 1. The van der Waals surface area contributed by atoms with E-state index >= 15 is 0 Å². The van der Waals surface area contributed by atoms with Crippen molar-refractivity contribution in [3.8, 4) is 0 Å². The Labute approximate surface area is 121 Å². The van der Waals surface area contributed by atoms with E-state index in [1.165, 1.54) is 10.9 Å². The number of carboxylic acids is 1. The quantitative estimate of drug-likeness (QED) is 0.543. The lowest BCUT2D eigenvalue weighted by atomic mass is 9.98. The lowest BCUT2D eigenvalue weighted by Gasteiger charge is -2.25. The molecular weight excluding hydrogens is 280 g/mol. The minimum Gasteiger partial charge on any atom is -0.481 e. The van der Waals surface area contributed by atoms with E-state index in [1.54, 1.807) is 13.8 Å². The predicted molar refractivity (Wildman–Crippen MR) is 72.6 cm³/mol. The van der Waals surface area contributed by atoms with Crippen LogP contribution in [-0.2, 0) is 16.1 Å². The van der Waals surface area contributed by atoms with Crippen LogP contribution in [0.25, 0.3) is 0 Å². The molecule has 0 aromatic carbocycles. The van der Waals surface area contributed by atoms with Gasteiger partial charge in [-0.05, 0) is 20.3 Å². The number of hydrogen-bond donors (Lipinski definition) is 2. The van der Waals surface area contributed by atoms with Crippen molar-refractivity contribution in [2.24, 2.45) is 0 Å². The summed E-state index contributed by atoms with van der Waals surface area (Å²) in [6.07, 6.45) is 2.77. The number of aryl methyl sites for hydroxylation is 1. The first-order chi connectivity index (χ1) is 9.69. The van der Waals surface area contributed by atoms with Crippen LogP contribution < -0.4 is 5.32 Å². The molecule has 0 bridgehead atoms. The van der Waals surface area contributed by atoms with Gasteiger partial charge in [0, 0.05) is 24.9 Å². The molecule has 0 fully saturated rings. The highest BCUT2D eigenvalue weighted by Crippen LogP contribution is 2.12. The highest BCUT2D eigenvalue weighted by Gasteiger charge is 2.21. The first-order valence-corrected chi connectivity index (χ1v) is 6.39. The third-order valence-corrected chi connectivity index (χ3v) is 2.84. The van der Waals surface area contributed by atoms with E-state index in [4.69, 9.17) is 5.11 Å². The van der Waals surface area contributed by atoms with Crippen molar-refractivity contribution < 1.29 is 19.6 Å². The average Bonchev–Trinajstić information content (AvgIpc) is 2.82. The molecule has 0 unspecified atom stereocenters. The van der Waals surface area contributed by atoms with Crippen LogP contribution in [-0.4, -0.2) is 37.2 Å². The average molecular weight is 298 g/mol. The maximum absolute atomic E-state index is 11.8. The largest absolute Gasteiger partial charge is 0.481 e. The SMILES string of the molecule is CC(C)(CCC(=O)O)NC(=O)CCn1cc([N+](=O)[O-])cn1. The zero-order valence-electron chi connectivity index (χ0n) is 11.9. The molecular formula is C12H18N4O5. The number of carbonyl (C=O) groups is 2. The van der Waals surface area contributed by atoms with Crippen LogP contribution in [0, 0.1) is 10.1 Å². The molecule has 116 valence electrons. The molecule has 0 aliphatic rings. The summed E-state index contributed by atoms with van der Waals surface area (Å²) in [4.78, 5) is 32.2. The molecule has 0 atom stereocenters.